The lowest BCUT2D eigenvalue weighted by molar-refractivity contribution is 0.378. The van der Waals surface area contributed by atoms with Gasteiger partial charge in [-0.05, 0) is 6.07 Å². The Morgan fingerprint density at radius 2 is 1.88 bits per heavy atom. The molecule has 1 saturated heterocycles. The van der Waals surface area contributed by atoms with E-state index < -0.39 is 0 Å². The topological polar surface area (TPSA) is 83.5 Å². The number of hydrogen-bond acceptors (Lipinski definition) is 6. The summed E-state index contributed by atoms with van der Waals surface area (Å²) in [4.78, 5) is 22.1. The van der Waals surface area contributed by atoms with Crippen LogP contribution in [-0.4, -0.2) is 52.0 Å². The van der Waals surface area contributed by atoms with E-state index in [0.717, 1.165) is 42.8 Å². The maximum atomic E-state index is 6.18. The van der Waals surface area contributed by atoms with Crippen molar-refractivity contribution in [2.45, 2.75) is 32.7 Å². The highest BCUT2D eigenvalue weighted by Crippen LogP contribution is 2.24. The molecule has 0 aromatic carbocycles. The third-order valence-corrected chi connectivity index (χ3v) is 4.97. The van der Waals surface area contributed by atoms with Crippen molar-refractivity contribution in [3.05, 3.63) is 34.5 Å². The maximum Gasteiger partial charge on any atom is 0.225 e. The predicted molar refractivity (Wildman–Crippen MR) is 102 cm³/mol. The number of nitrogens with zero attached hydrogens (tertiary/aromatic N) is 6. The Morgan fingerprint density at radius 1 is 1.20 bits per heavy atom. The first-order chi connectivity index (χ1) is 11.9. The van der Waals surface area contributed by atoms with Gasteiger partial charge in [0.1, 0.15) is 5.01 Å². The van der Waals surface area contributed by atoms with Gasteiger partial charge in [-0.25, -0.2) is 19.9 Å². The van der Waals surface area contributed by atoms with Crippen LogP contribution in [0.5, 0.6) is 0 Å². The molecule has 0 spiro atoms. The highest BCUT2D eigenvalue weighted by molar-refractivity contribution is 7.09. The monoisotopic (exact) mass is 359 g/mol. The van der Waals surface area contributed by atoms with Crippen LogP contribution in [0, 0.1) is 0 Å². The van der Waals surface area contributed by atoms with Gasteiger partial charge in [-0.1, -0.05) is 20.8 Å². The first kappa shape index (κ1) is 17.6. The van der Waals surface area contributed by atoms with Crippen LogP contribution in [-0.2, 0) is 12.0 Å². The van der Waals surface area contributed by atoms with Crippen molar-refractivity contribution in [3.63, 3.8) is 0 Å². The van der Waals surface area contributed by atoms with Crippen LogP contribution in [0.4, 0.5) is 5.95 Å². The number of thiazole rings is 1. The second kappa shape index (κ2) is 7.35. The summed E-state index contributed by atoms with van der Waals surface area (Å²) in [5.41, 5.74) is 7.35. The third-order valence-electron chi connectivity index (χ3n) is 4.14. The fourth-order valence-electron chi connectivity index (χ4n) is 2.57. The van der Waals surface area contributed by atoms with Gasteiger partial charge in [0.05, 0.1) is 12.2 Å². The first-order valence-corrected chi connectivity index (χ1v) is 9.33. The van der Waals surface area contributed by atoms with Crippen LogP contribution >= 0.6 is 11.3 Å². The average Bonchev–Trinajstić information content (AvgIpc) is 3.10. The molecule has 1 aliphatic heterocycles. The number of aromatic nitrogens is 3. The van der Waals surface area contributed by atoms with Crippen molar-refractivity contribution in [2.24, 2.45) is 10.7 Å². The number of aliphatic imine (C=N–C) groups is 1. The van der Waals surface area contributed by atoms with Crippen LogP contribution in [0.25, 0.3) is 0 Å². The Labute approximate surface area is 152 Å². The van der Waals surface area contributed by atoms with Gasteiger partial charge in [0.2, 0.25) is 5.95 Å². The Balaban J connectivity index is 1.54. The molecule has 8 heteroatoms. The fraction of sp³-hybridized carbons (Fsp3) is 0.529. The van der Waals surface area contributed by atoms with Crippen LogP contribution in [0.1, 0.15) is 31.5 Å². The highest BCUT2D eigenvalue weighted by atomic mass is 32.1. The number of anilines is 1. The molecule has 2 aromatic rings. The molecular weight excluding hydrogens is 334 g/mol. The molecule has 0 saturated carbocycles. The predicted octanol–water partition coefficient (Wildman–Crippen LogP) is 1.87. The molecule has 0 unspecified atom stereocenters. The third kappa shape index (κ3) is 4.45. The van der Waals surface area contributed by atoms with Gasteiger partial charge in [0.15, 0.2) is 5.96 Å². The molecular formula is C17H25N7S. The summed E-state index contributed by atoms with van der Waals surface area (Å²) in [6.45, 7) is 10.3. The van der Waals surface area contributed by atoms with E-state index in [-0.39, 0.29) is 5.41 Å². The summed E-state index contributed by atoms with van der Waals surface area (Å²) in [5.74, 6) is 1.36. The minimum Gasteiger partial charge on any atom is -0.370 e. The van der Waals surface area contributed by atoms with Crippen molar-refractivity contribution in [1.29, 1.82) is 0 Å². The molecule has 25 heavy (non-hydrogen) atoms. The zero-order valence-corrected chi connectivity index (χ0v) is 15.8. The zero-order valence-electron chi connectivity index (χ0n) is 15.0. The summed E-state index contributed by atoms with van der Waals surface area (Å²) < 4.78 is 0. The molecule has 0 bridgehead atoms. The van der Waals surface area contributed by atoms with E-state index in [9.17, 15) is 0 Å². The normalized spacial score (nSPS) is 16.4. The van der Waals surface area contributed by atoms with Crippen LogP contribution in [0.15, 0.2) is 28.8 Å². The molecule has 3 heterocycles. The molecule has 1 fully saturated rings. The molecule has 1 aliphatic rings. The number of nitrogens with two attached hydrogens (primary N) is 1. The molecule has 2 N–H and O–H groups in total. The lowest BCUT2D eigenvalue weighted by Crippen LogP contribution is -2.51. The first-order valence-electron chi connectivity index (χ1n) is 8.45. The van der Waals surface area contributed by atoms with Gasteiger partial charge in [-0.15, -0.1) is 11.3 Å². The lowest BCUT2D eigenvalue weighted by atomic mass is 9.93. The van der Waals surface area contributed by atoms with Crippen molar-refractivity contribution >= 4 is 23.2 Å². The largest absolute Gasteiger partial charge is 0.370 e. The quantitative estimate of drug-likeness (QED) is 0.665. The van der Waals surface area contributed by atoms with E-state index in [1.807, 2.05) is 6.07 Å². The lowest BCUT2D eigenvalue weighted by Gasteiger charge is -2.35. The maximum absolute atomic E-state index is 6.18. The molecule has 7 nitrogen and oxygen atoms in total. The number of piperazine rings is 1. The Bertz CT molecular complexity index is 712. The number of hydrogen-bond donors (Lipinski definition) is 1. The number of rotatable bonds is 3. The summed E-state index contributed by atoms with van der Waals surface area (Å²) in [6.07, 6.45) is 3.54. The molecule has 0 radical (unpaired) electrons. The molecule has 0 aliphatic carbocycles. The van der Waals surface area contributed by atoms with E-state index >= 15 is 0 Å². The highest BCUT2D eigenvalue weighted by Gasteiger charge is 2.20. The molecule has 2 aromatic heterocycles. The Kier molecular flexibility index (Phi) is 5.17. The Hall–Kier alpha value is -2.22. The van der Waals surface area contributed by atoms with Gasteiger partial charge in [0.25, 0.3) is 0 Å². The minimum absolute atomic E-state index is 0.0693. The van der Waals surface area contributed by atoms with E-state index in [2.05, 4.69) is 55.9 Å². The van der Waals surface area contributed by atoms with Gasteiger partial charge in [-0.3, -0.25) is 0 Å². The van der Waals surface area contributed by atoms with Crippen molar-refractivity contribution in [2.75, 3.05) is 31.1 Å². The summed E-state index contributed by atoms with van der Waals surface area (Å²) >= 11 is 1.65. The van der Waals surface area contributed by atoms with Crippen LogP contribution in [0.2, 0.25) is 0 Å². The van der Waals surface area contributed by atoms with Gasteiger partial charge in [0, 0.05) is 49.4 Å². The fourth-order valence-corrected chi connectivity index (χ4v) is 3.51. The van der Waals surface area contributed by atoms with Gasteiger partial charge >= 0.3 is 0 Å². The molecule has 0 atom stereocenters. The molecule has 0 amide bonds. The molecule has 134 valence electrons. The van der Waals surface area contributed by atoms with Crippen LogP contribution in [0.3, 0.4) is 0 Å². The zero-order chi connectivity index (χ0) is 17.9. The second-order valence-electron chi connectivity index (χ2n) is 7.07. The van der Waals surface area contributed by atoms with Gasteiger partial charge < -0.3 is 15.5 Å². The van der Waals surface area contributed by atoms with E-state index in [1.54, 1.807) is 23.7 Å². The van der Waals surface area contributed by atoms with Crippen LogP contribution < -0.4 is 10.6 Å². The summed E-state index contributed by atoms with van der Waals surface area (Å²) in [6, 6.07) is 1.83. The summed E-state index contributed by atoms with van der Waals surface area (Å²) in [5, 5.41) is 3.11. The van der Waals surface area contributed by atoms with Crippen molar-refractivity contribution < 1.29 is 0 Å². The average molecular weight is 360 g/mol. The van der Waals surface area contributed by atoms with Crippen molar-refractivity contribution in [1.82, 2.24) is 19.9 Å². The second-order valence-corrected chi connectivity index (χ2v) is 8.02. The van der Waals surface area contributed by atoms with Gasteiger partial charge in [-0.2, -0.15) is 0 Å². The summed E-state index contributed by atoms with van der Waals surface area (Å²) in [7, 11) is 0. The Morgan fingerprint density at radius 3 is 2.48 bits per heavy atom. The van der Waals surface area contributed by atoms with Crippen molar-refractivity contribution in [3.8, 4) is 0 Å². The van der Waals surface area contributed by atoms with E-state index in [1.165, 1.54) is 0 Å². The smallest absolute Gasteiger partial charge is 0.225 e. The standard InChI is InChI=1S/C17H25N7S/c1-17(2,3)13-12-25-14(22-13)11-21-15(18)23-7-9-24(10-8-23)16-19-5-4-6-20-16/h4-6,12H,7-11H2,1-3H3,(H2,18,21). The van der Waals surface area contributed by atoms with E-state index in [4.69, 9.17) is 5.73 Å². The number of guanidine groups is 1. The van der Waals surface area contributed by atoms with E-state index in [0.29, 0.717) is 12.5 Å². The minimum atomic E-state index is 0.0693. The SMILES string of the molecule is CC(C)(C)c1csc(CN=C(N)N2CCN(c3ncccn3)CC2)n1. The molecule has 3 rings (SSSR count).